The number of non-ortho nitro benzene ring substituents is 1. The van der Waals surface area contributed by atoms with E-state index in [4.69, 9.17) is 4.74 Å². The van der Waals surface area contributed by atoms with Crippen molar-refractivity contribution >= 4 is 39.8 Å². The summed E-state index contributed by atoms with van der Waals surface area (Å²) in [4.78, 5) is 39.8. The smallest absolute Gasteiger partial charge is 0.271 e. The summed E-state index contributed by atoms with van der Waals surface area (Å²) in [6, 6.07) is 21.3. The summed E-state index contributed by atoms with van der Waals surface area (Å²) in [5.74, 6) is -0.700. The third-order valence-corrected chi connectivity index (χ3v) is 4.73. The number of pyridine rings is 1. The van der Waals surface area contributed by atoms with Crippen LogP contribution in [0.1, 0.15) is 10.4 Å². The van der Waals surface area contributed by atoms with Crippen molar-refractivity contribution in [3.63, 3.8) is 0 Å². The number of anilines is 2. The highest BCUT2D eigenvalue weighted by Crippen LogP contribution is 2.24. The number of ether oxygens (including phenoxy) is 1. The fourth-order valence-corrected chi connectivity index (χ4v) is 3.21. The summed E-state index contributed by atoms with van der Waals surface area (Å²) < 4.78 is 5.58. The van der Waals surface area contributed by atoms with E-state index in [9.17, 15) is 19.7 Å². The summed E-state index contributed by atoms with van der Waals surface area (Å²) in [5, 5.41) is 17.1. The lowest BCUT2D eigenvalue weighted by atomic mass is 10.1. The molecular formula is C24H18N4O5. The molecule has 2 amide bonds. The van der Waals surface area contributed by atoms with Gasteiger partial charge >= 0.3 is 0 Å². The van der Waals surface area contributed by atoms with Crippen LogP contribution in [-0.4, -0.2) is 28.3 Å². The number of carbonyl (C=O) groups is 2. The van der Waals surface area contributed by atoms with Gasteiger partial charge in [0.25, 0.3) is 17.5 Å². The first-order valence-electron chi connectivity index (χ1n) is 9.92. The molecule has 164 valence electrons. The third-order valence-electron chi connectivity index (χ3n) is 4.73. The fourth-order valence-electron chi connectivity index (χ4n) is 3.21. The van der Waals surface area contributed by atoms with E-state index in [1.807, 2.05) is 24.3 Å². The van der Waals surface area contributed by atoms with Gasteiger partial charge in [-0.05, 0) is 30.3 Å². The van der Waals surface area contributed by atoms with Gasteiger partial charge in [-0.3, -0.25) is 24.7 Å². The number of carbonyl (C=O) groups excluding carboxylic acids is 2. The zero-order valence-corrected chi connectivity index (χ0v) is 17.2. The van der Waals surface area contributed by atoms with Gasteiger partial charge in [-0.25, -0.2) is 0 Å². The van der Waals surface area contributed by atoms with Crippen molar-refractivity contribution in [2.24, 2.45) is 0 Å². The molecule has 4 rings (SSSR count). The molecule has 2 N–H and O–H groups in total. The Labute approximate surface area is 188 Å². The SMILES string of the molecule is O=C(COc1ccccc1C(=O)Nc1ccnc2ccccc12)Nc1cccc([N+](=O)[O-])c1. The van der Waals surface area contributed by atoms with Crippen molar-refractivity contribution in [3.05, 3.63) is 101 Å². The first-order valence-corrected chi connectivity index (χ1v) is 9.92. The van der Waals surface area contributed by atoms with Gasteiger partial charge in [0.2, 0.25) is 0 Å². The van der Waals surface area contributed by atoms with E-state index < -0.39 is 16.7 Å². The van der Waals surface area contributed by atoms with Crippen LogP contribution in [0.3, 0.4) is 0 Å². The van der Waals surface area contributed by atoms with Crippen molar-refractivity contribution in [1.82, 2.24) is 4.98 Å². The van der Waals surface area contributed by atoms with E-state index >= 15 is 0 Å². The highest BCUT2D eigenvalue weighted by Gasteiger charge is 2.15. The fraction of sp³-hybridized carbons (Fsp3) is 0.0417. The molecule has 4 aromatic rings. The molecule has 0 fully saturated rings. The molecule has 33 heavy (non-hydrogen) atoms. The number of hydrogen-bond acceptors (Lipinski definition) is 6. The maximum absolute atomic E-state index is 12.9. The van der Waals surface area contributed by atoms with Gasteiger partial charge in [-0.15, -0.1) is 0 Å². The third kappa shape index (κ3) is 5.10. The number of rotatable bonds is 7. The van der Waals surface area contributed by atoms with Gasteiger partial charge in [0, 0.05) is 29.4 Å². The maximum Gasteiger partial charge on any atom is 0.271 e. The molecule has 0 aliphatic rings. The minimum absolute atomic E-state index is 0.139. The predicted molar refractivity (Wildman–Crippen MR) is 123 cm³/mol. The number of nitro groups is 1. The molecule has 1 aromatic heterocycles. The Balaban J connectivity index is 1.45. The molecule has 0 aliphatic carbocycles. The van der Waals surface area contributed by atoms with E-state index in [0.717, 1.165) is 10.9 Å². The number of benzene rings is 3. The summed E-state index contributed by atoms with van der Waals surface area (Å²) in [6.07, 6.45) is 1.61. The van der Waals surface area contributed by atoms with Crippen molar-refractivity contribution in [2.75, 3.05) is 17.2 Å². The summed E-state index contributed by atoms with van der Waals surface area (Å²) in [7, 11) is 0. The van der Waals surface area contributed by atoms with E-state index in [2.05, 4.69) is 15.6 Å². The standard InChI is InChI=1S/C24H18N4O5/c29-23(26-16-6-5-7-17(14-16)28(31)32)15-33-22-11-4-2-9-19(22)24(30)27-21-12-13-25-20-10-3-1-8-18(20)21/h1-14H,15H2,(H,26,29)(H,25,27,30). The highest BCUT2D eigenvalue weighted by molar-refractivity contribution is 6.10. The lowest BCUT2D eigenvalue weighted by Crippen LogP contribution is -2.21. The Morgan fingerprint density at radius 1 is 0.939 bits per heavy atom. The van der Waals surface area contributed by atoms with E-state index in [-0.39, 0.29) is 29.3 Å². The molecule has 0 spiro atoms. The van der Waals surface area contributed by atoms with E-state index in [1.165, 1.54) is 24.3 Å². The quantitative estimate of drug-likeness (QED) is 0.323. The second-order valence-corrected chi connectivity index (χ2v) is 6.97. The largest absolute Gasteiger partial charge is 0.483 e. The minimum Gasteiger partial charge on any atom is -0.483 e. The molecule has 0 saturated carbocycles. The Bertz CT molecular complexity index is 1350. The monoisotopic (exact) mass is 442 g/mol. The molecule has 9 heteroatoms. The first kappa shape index (κ1) is 21.4. The van der Waals surface area contributed by atoms with Gasteiger partial charge in [0.15, 0.2) is 6.61 Å². The molecule has 3 aromatic carbocycles. The molecule has 0 radical (unpaired) electrons. The van der Waals surface area contributed by atoms with Crippen molar-refractivity contribution in [1.29, 1.82) is 0 Å². The summed E-state index contributed by atoms with van der Waals surface area (Å²) >= 11 is 0. The number of nitro benzene ring substituents is 1. The number of nitrogens with one attached hydrogen (secondary N) is 2. The predicted octanol–water partition coefficient (Wildman–Crippen LogP) is 4.41. The first-order chi connectivity index (χ1) is 16.0. The minimum atomic E-state index is -0.549. The van der Waals surface area contributed by atoms with Gasteiger partial charge in [-0.1, -0.05) is 36.4 Å². The number of para-hydroxylation sites is 2. The second kappa shape index (κ2) is 9.56. The molecule has 0 unspecified atom stereocenters. The molecule has 9 nitrogen and oxygen atoms in total. The van der Waals surface area contributed by atoms with Crippen LogP contribution >= 0.6 is 0 Å². The highest BCUT2D eigenvalue weighted by atomic mass is 16.6. The number of fused-ring (bicyclic) bond motifs is 1. The van der Waals surface area contributed by atoms with Gasteiger partial charge < -0.3 is 15.4 Å². The van der Waals surface area contributed by atoms with Gasteiger partial charge in [-0.2, -0.15) is 0 Å². The van der Waals surface area contributed by atoms with Gasteiger partial charge in [0.05, 0.1) is 21.7 Å². The lowest BCUT2D eigenvalue weighted by Gasteiger charge is -2.13. The second-order valence-electron chi connectivity index (χ2n) is 6.97. The van der Waals surface area contributed by atoms with Crippen LogP contribution in [0.5, 0.6) is 5.75 Å². The normalized spacial score (nSPS) is 10.4. The molecule has 0 atom stereocenters. The van der Waals surface area contributed by atoms with Crippen molar-refractivity contribution < 1.29 is 19.2 Å². The lowest BCUT2D eigenvalue weighted by molar-refractivity contribution is -0.384. The summed E-state index contributed by atoms with van der Waals surface area (Å²) in [5.41, 5.74) is 1.73. The Hall–Kier alpha value is -4.79. The average Bonchev–Trinajstić information content (AvgIpc) is 2.83. The molecular weight excluding hydrogens is 424 g/mol. The van der Waals surface area contributed by atoms with Crippen LogP contribution in [0.15, 0.2) is 85.1 Å². The molecule has 1 heterocycles. The van der Waals surface area contributed by atoms with Crippen molar-refractivity contribution in [2.45, 2.75) is 0 Å². The Kier molecular flexibility index (Phi) is 6.21. The molecule has 0 saturated heterocycles. The zero-order valence-electron chi connectivity index (χ0n) is 17.2. The van der Waals surface area contributed by atoms with Crippen LogP contribution < -0.4 is 15.4 Å². The van der Waals surface area contributed by atoms with Crippen LogP contribution in [0.25, 0.3) is 10.9 Å². The van der Waals surface area contributed by atoms with Crippen LogP contribution in [0.2, 0.25) is 0 Å². The van der Waals surface area contributed by atoms with Crippen molar-refractivity contribution in [3.8, 4) is 5.75 Å². The van der Waals surface area contributed by atoms with Crippen LogP contribution in [-0.2, 0) is 4.79 Å². The maximum atomic E-state index is 12.9. The zero-order chi connectivity index (χ0) is 23.2. The van der Waals surface area contributed by atoms with Crippen LogP contribution in [0, 0.1) is 10.1 Å². The topological polar surface area (TPSA) is 123 Å². The van der Waals surface area contributed by atoms with E-state index in [1.54, 1.807) is 36.5 Å². The van der Waals surface area contributed by atoms with Gasteiger partial charge in [0.1, 0.15) is 5.75 Å². The molecule has 0 bridgehead atoms. The molecule has 0 aliphatic heterocycles. The Morgan fingerprint density at radius 3 is 2.58 bits per heavy atom. The summed E-state index contributed by atoms with van der Waals surface area (Å²) in [6.45, 7) is -0.384. The number of nitrogens with zero attached hydrogens (tertiary/aromatic N) is 2. The number of amides is 2. The Morgan fingerprint density at radius 2 is 1.73 bits per heavy atom. The van der Waals surface area contributed by atoms with E-state index in [0.29, 0.717) is 5.69 Å². The van der Waals surface area contributed by atoms with Crippen LogP contribution in [0.4, 0.5) is 17.1 Å². The number of aromatic nitrogens is 1. The average molecular weight is 442 g/mol. The number of hydrogen-bond donors (Lipinski definition) is 2.